The summed E-state index contributed by atoms with van der Waals surface area (Å²) in [7, 11) is 1.83. The first-order valence-electron chi connectivity index (χ1n) is 6.80. The molecule has 0 radical (unpaired) electrons. The quantitative estimate of drug-likeness (QED) is 0.679. The van der Waals surface area contributed by atoms with Gasteiger partial charge in [-0.25, -0.2) is 4.98 Å². The number of rotatable bonds is 6. The van der Waals surface area contributed by atoms with E-state index >= 15 is 0 Å². The third-order valence-corrected chi connectivity index (χ3v) is 4.01. The standard InChI is InChI=1S/C13H17N7S/c1-9-8-10-11(17-13(14-2)18-12(10)21-9)15-4-3-6-20-7-5-16-19-20/h5,7-8H,3-4,6H2,1-2H3,(H2,14,15,17,18). The molecule has 3 aromatic rings. The van der Waals surface area contributed by atoms with Gasteiger partial charge >= 0.3 is 0 Å². The van der Waals surface area contributed by atoms with Gasteiger partial charge < -0.3 is 10.6 Å². The molecule has 0 saturated heterocycles. The van der Waals surface area contributed by atoms with Gasteiger partial charge in [-0.15, -0.1) is 16.4 Å². The van der Waals surface area contributed by atoms with E-state index in [0.29, 0.717) is 5.95 Å². The van der Waals surface area contributed by atoms with Crippen molar-refractivity contribution in [2.75, 3.05) is 24.2 Å². The minimum atomic E-state index is 0.642. The Morgan fingerprint density at radius 2 is 2.24 bits per heavy atom. The topological polar surface area (TPSA) is 80.5 Å². The molecule has 0 fully saturated rings. The lowest BCUT2D eigenvalue weighted by atomic mass is 10.3. The molecule has 2 N–H and O–H groups in total. The minimum absolute atomic E-state index is 0.642. The van der Waals surface area contributed by atoms with Crippen LogP contribution < -0.4 is 10.6 Å². The second kappa shape index (κ2) is 6.04. The molecule has 0 atom stereocenters. The molecule has 0 bridgehead atoms. The van der Waals surface area contributed by atoms with E-state index in [2.05, 4.69) is 43.9 Å². The number of hydrogen-bond acceptors (Lipinski definition) is 7. The Morgan fingerprint density at radius 3 is 3.00 bits per heavy atom. The Kier molecular flexibility index (Phi) is 3.96. The lowest BCUT2D eigenvalue weighted by Crippen LogP contribution is -2.09. The number of fused-ring (bicyclic) bond motifs is 1. The maximum absolute atomic E-state index is 4.51. The zero-order valence-electron chi connectivity index (χ0n) is 12.0. The van der Waals surface area contributed by atoms with Gasteiger partial charge in [-0.3, -0.25) is 4.68 Å². The molecule has 3 rings (SSSR count). The Balaban J connectivity index is 1.70. The average Bonchev–Trinajstić information content (AvgIpc) is 3.11. The Labute approximate surface area is 126 Å². The van der Waals surface area contributed by atoms with Crippen molar-refractivity contribution >= 4 is 33.3 Å². The van der Waals surface area contributed by atoms with Crippen molar-refractivity contribution in [3.63, 3.8) is 0 Å². The average molecular weight is 303 g/mol. The van der Waals surface area contributed by atoms with Crippen molar-refractivity contribution in [2.45, 2.75) is 19.9 Å². The molecule has 110 valence electrons. The molecule has 0 aliphatic heterocycles. The van der Waals surface area contributed by atoms with Crippen LogP contribution in [0.4, 0.5) is 11.8 Å². The molecule has 0 amide bonds. The molecule has 0 unspecified atom stereocenters. The van der Waals surface area contributed by atoms with E-state index in [4.69, 9.17) is 0 Å². The van der Waals surface area contributed by atoms with Crippen molar-refractivity contribution in [2.24, 2.45) is 0 Å². The summed E-state index contributed by atoms with van der Waals surface area (Å²) in [5, 5.41) is 15.2. The van der Waals surface area contributed by atoms with E-state index < -0.39 is 0 Å². The van der Waals surface area contributed by atoms with E-state index in [1.54, 1.807) is 17.5 Å². The number of thiophene rings is 1. The van der Waals surface area contributed by atoms with E-state index in [0.717, 1.165) is 35.5 Å². The predicted octanol–water partition coefficient (Wildman–Crippen LogP) is 2.14. The van der Waals surface area contributed by atoms with Crippen LogP contribution >= 0.6 is 11.3 Å². The third-order valence-electron chi connectivity index (χ3n) is 3.07. The van der Waals surface area contributed by atoms with Crippen LogP contribution in [0.15, 0.2) is 18.5 Å². The number of hydrogen-bond donors (Lipinski definition) is 2. The highest BCUT2D eigenvalue weighted by molar-refractivity contribution is 7.18. The van der Waals surface area contributed by atoms with E-state index in [-0.39, 0.29) is 0 Å². The van der Waals surface area contributed by atoms with Gasteiger partial charge in [0.2, 0.25) is 5.95 Å². The zero-order valence-corrected chi connectivity index (χ0v) is 12.8. The lowest BCUT2D eigenvalue weighted by Gasteiger charge is -2.08. The van der Waals surface area contributed by atoms with Gasteiger partial charge in [-0.05, 0) is 19.4 Å². The molecule has 0 aliphatic carbocycles. The van der Waals surface area contributed by atoms with Crippen LogP contribution in [-0.4, -0.2) is 38.6 Å². The first kappa shape index (κ1) is 13.7. The summed E-state index contributed by atoms with van der Waals surface area (Å²) in [5.74, 6) is 1.52. The maximum atomic E-state index is 4.51. The SMILES string of the molecule is CNc1nc(NCCCn2ccnn2)c2cc(C)sc2n1. The van der Waals surface area contributed by atoms with Gasteiger partial charge in [0.15, 0.2) is 0 Å². The van der Waals surface area contributed by atoms with Gasteiger partial charge in [0, 0.05) is 31.2 Å². The highest BCUT2D eigenvalue weighted by Gasteiger charge is 2.09. The van der Waals surface area contributed by atoms with Crippen molar-refractivity contribution < 1.29 is 0 Å². The predicted molar refractivity (Wildman–Crippen MR) is 84.8 cm³/mol. The van der Waals surface area contributed by atoms with Gasteiger partial charge in [0.05, 0.1) is 11.6 Å². The summed E-state index contributed by atoms with van der Waals surface area (Å²) in [6.45, 7) is 3.74. The van der Waals surface area contributed by atoms with E-state index in [1.807, 2.05) is 17.9 Å². The Morgan fingerprint density at radius 1 is 1.33 bits per heavy atom. The molecule has 0 aromatic carbocycles. The first-order chi connectivity index (χ1) is 10.3. The van der Waals surface area contributed by atoms with Crippen LogP contribution in [0.25, 0.3) is 10.2 Å². The number of nitrogens with one attached hydrogen (secondary N) is 2. The summed E-state index contributed by atoms with van der Waals surface area (Å²) < 4.78 is 1.82. The summed E-state index contributed by atoms with van der Waals surface area (Å²) >= 11 is 1.68. The second-order valence-electron chi connectivity index (χ2n) is 4.67. The lowest BCUT2D eigenvalue weighted by molar-refractivity contribution is 0.569. The van der Waals surface area contributed by atoms with Crippen LogP contribution in [0, 0.1) is 6.92 Å². The number of aromatic nitrogens is 5. The number of aryl methyl sites for hydroxylation is 2. The highest BCUT2D eigenvalue weighted by atomic mass is 32.1. The molecular formula is C13H17N7S. The van der Waals surface area contributed by atoms with Crippen LogP contribution in [0.1, 0.15) is 11.3 Å². The molecule has 21 heavy (non-hydrogen) atoms. The molecule has 3 heterocycles. The molecule has 0 spiro atoms. The first-order valence-corrected chi connectivity index (χ1v) is 7.62. The molecule has 8 heteroatoms. The monoisotopic (exact) mass is 303 g/mol. The number of nitrogens with zero attached hydrogens (tertiary/aromatic N) is 5. The summed E-state index contributed by atoms with van der Waals surface area (Å²) in [5.41, 5.74) is 0. The molecule has 3 aromatic heterocycles. The Hall–Kier alpha value is -2.22. The van der Waals surface area contributed by atoms with Crippen LogP contribution in [0.2, 0.25) is 0 Å². The fraction of sp³-hybridized carbons (Fsp3) is 0.385. The summed E-state index contributed by atoms with van der Waals surface area (Å²) in [6.07, 6.45) is 4.51. The smallest absolute Gasteiger partial charge is 0.225 e. The van der Waals surface area contributed by atoms with Gasteiger partial charge in [0.25, 0.3) is 0 Å². The van der Waals surface area contributed by atoms with Crippen molar-refractivity contribution in [1.82, 2.24) is 25.0 Å². The van der Waals surface area contributed by atoms with E-state index in [1.165, 1.54) is 4.88 Å². The Bertz CT molecular complexity index is 720. The summed E-state index contributed by atoms with van der Waals surface area (Å²) in [4.78, 5) is 11.2. The van der Waals surface area contributed by atoms with Gasteiger partial charge in [-0.1, -0.05) is 5.21 Å². The fourth-order valence-electron chi connectivity index (χ4n) is 2.09. The normalized spacial score (nSPS) is 11.0. The zero-order chi connectivity index (χ0) is 14.7. The molecule has 0 aliphatic rings. The molecule has 0 saturated carbocycles. The largest absolute Gasteiger partial charge is 0.369 e. The van der Waals surface area contributed by atoms with Crippen molar-refractivity contribution in [3.05, 3.63) is 23.3 Å². The van der Waals surface area contributed by atoms with E-state index in [9.17, 15) is 0 Å². The van der Waals surface area contributed by atoms with Crippen molar-refractivity contribution in [1.29, 1.82) is 0 Å². The maximum Gasteiger partial charge on any atom is 0.225 e. The molecule has 7 nitrogen and oxygen atoms in total. The third kappa shape index (κ3) is 3.10. The fourth-order valence-corrected chi connectivity index (χ4v) is 2.97. The molecular weight excluding hydrogens is 286 g/mol. The van der Waals surface area contributed by atoms with Crippen LogP contribution in [-0.2, 0) is 6.54 Å². The van der Waals surface area contributed by atoms with Crippen LogP contribution in [0.5, 0.6) is 0 Å². The van der Waals surface area contributed by atoms with Gasteiger partial charge in [0.1, 0.15) is 10.6 Å². The van der Waals surface area contributed by atoms with Crippen molar-refractivity contribution in [3.8, 4) is 0 Å². The van der Waals surface area contributed by atoms with Crippen LogP contribution in [0.3, 0.4) is 0 Å². The highest BCUT2D eigenvalue weighted by Crippen LogP contribution is 2.29. The summed E-state index contributed by atoms with van der Waals surface area (Å²) in [6, 6.07) is 2.12. The second-order valence-corrected chi connectivity index (χ2v) is 5.90. The number of anilines is 2. The van der Waals surface area contributed by atoms with Gasteiger partial charge in [-0.2, -0.15) is 4.98 Å². The minimum Gasteiger partial charge on any atom is -0.369 e.